The molecule has 2 aromatic carbocycles. The second-order valence-corrected chi connectivity index (χ2v) is 7.02. The molecular formula is C22H19ClN4O2. The molecule has 6 nitrogen and oxygen atoms in total. The lowest BCUT2D eigenvalue weighted by Gasteiger charge is -2.13. The van der Waals surface area contributed by atoms with Crippen LogP contribution in [0.3, 0.4) is 0 Å². The average molecular weight is 407 g/mol. The summed E-state index contributed by atoms with van der Waals surface area (Å²) in [6, 6.07) is 16.7. The highest BCUT2D eigenvalue weighted by molar-refractivity contribution is 6.31. The molecular weight excluding hydrogens is 388 g/mol. The molecule has 7 heteroatoms. The third-order valence-corrected chi connectivity index (χ3v) is 5.06. The van der Waals surface area contributed by atoms with E-state index in [2.05, 4.69) is 10.2 Å². The lowest BCUT2D eigenvalue weighted by Crippen LogP contribution is -2.22. The number of azo groups is 1. The largest absolute Gasteiger partial charge is 0.493 e. The van der Waals surface area contributed by atoms with Gasteiger partial charge < -0.3 is 5.11 Å². The lowest BCUT2D eigenvalue weighted by atomic mass is 10.1. The van der Waals surface area contributed by atoms with E-state index in [-0.39, 0.29) is 29.2 Å². The summed E-state index contributed by atoms with van der Waals surface area (Å²) in [4.78, 5) is 13.0. The second kappa shape index (κ2) is 8.72. The Hall–Kier alpha value is -3.43. The van der Waals surface area contributed by atoms with Crippen LogP contribution in [0.2, 0.25) is 5.02 Å². The van der Waals surface area contributed by atoms with Gasteiger partial charge in [0.05, 0.1) is 5.69 Å². The Morgan fingerprint density at radius 1 is 1.14 bits per heavy atom. The third kappa shape index (κ3) is 4.36. The van der Waals surface area contributed by atoms with Crippen molar-refractivity contribution in [1.82, 2.24) is 4.57 Å². The minimum atomic E-state index is -0.503. The van der Waals surface area contributed by atoms with Crippen molar-refractivity contribution in [3.8, 4) is 11.9 Å². The first-order valence-electron chi connectivity index (χ1n) is 9.00. The molecule has 3 rings (SSSR count). The highest BCUT2D eigenvalue weighted by Gasteiger charge is 2.19. The Balaban J connectivity index is 2.02. The number of nitrogens with zero attached hydrogens (tertiary/aromatic N) is 4. The van der Waals surface area contributed by atoms with E-state index in [1.54, 1.807) is 25.1 Å². The first-order valence-corrected chi connectivity index (χ1v) is 9.38. The molecule has 0 aliphatic rings. The number of nitriles is 1. The number of pyridine rings is 1. The Morgan fingerprint density at radius 3 is 2.52 bits per heavy atom. The van der Waals surface area contributed by atoms with Gasteiger partial charge in [0.15, 0.2) is 5.69 Å². The van der Waals surface area contributed by atoms with E-state index in [9.17, 15) is 15.2 Å². The zero-order chi connectivity index (χ0) is 21.0. The van der Waals surface area contributed by atoms with Crippen LogP contribution in [0.1, 0.15) is 22.3 Å². The SMILES string of the molecule is Cc1ccc(N=Nc2c(C)c(C#N)c(O)n(CCc3ccccc3)c2=O)cc1Cl. The van der Waals surface area contributed by atoms with Gasteiger partial charge in [0.1, 0.15) is 11.6 Å². The number of halogens is 1. The molecule has 3 aromatic rings. The van der Waals surface area contributed by atoms with Gasteiger partial charge in [0.25, 0.3) is 5.56 Å². The number of aromatic nitrogens is 1. The summed E-state index contributed by atoms with van der Waals surface area (Å²) in [5.41, 5.74) is 2.21. The standard InChI is InChI=1S/C22H19ClN4O2/c1-14-8-9-17(12-19(14)23)25-26-20-15(2)18(13-24)21(28)27(22(20)29)11-10-16-6-4-3-5-7-16/h3-9,12,28H,10-11H2,1-2H3. The summed E-state index contributed by atoms with van der Waals surface area (Å²) in [6.07, 6.45) is 0.520. The maximum absolute atomic E-state index is 13.0. The van der Waals surface area contributed by atoms with Crippen LogP contribution in [0.4, 0.5) is 11.4 Å². The normalized spacial score (nSPS) is 11.0. The molecule has 1 aromatic heterocycles. The number of hydrogen-bond donors (Lipinski definition) is 1. The number of aromatic hydroxyl groups is 1. The molecule has 0 fully saturated rings. The van der Waals surface area contributed by atoms with Gasteiger partial charge >= 0.3 is 0 Å². The Labute approximate surface area is 173 Å². The Kier molecular flexibility index (Phi) is 6.10. The molecule has 0 unspecified atom stereocenters. The van der Waals surface area contributed by atoms with E-state index >= 15 is 0 Å². The molecule has 0 radical (unpaired) electrons. The van der Waals surface area contributed by atoms with Gasteiger partial charge in [-0.15, -0.1) is 5.11 Å². The first kappa shape index (κ1) is 20.3. The Morgan fingerprint density at radius 2 is 1.86 bits per heavy atom. The molecule has 0 saturated heterocycles. The van der Waals surface area contributed by atoms with Gasteiger partial charge in [-0.3, -0.25) is 9.36 Å². The fraction of sp³-hybridized carbons (Fsp3) is 0.182. The summed E-state index contributed by atoms with van der Waals surface area (Å²) < 4.78 is 1.16. The lowest BCUT2D eigenvalue weighted by molar-refractivity contribution is 0.404. The zero-order valence-corrected chi connectivity index (χ0v) is 16.8. The number of hydrogen-bond acceptors (Lipinski definition) is 5. The van der Waals surface area contributed by atoms with Crippen molar-refractivity contribution in [3.63, 3.8) is 0 Å². The maximum atomic E-state index is 13.0. The van der Waals surface area contributed by atoms with Crippen molar-refractivity contribution in [2.75, 3.05) is 0 Å². The van der Waals surface area contributed by atoms with E-state index in [1.807, 2.05) is 43.3 Å². The van der Waals surface area contributed by atoms with Crippen LogP contribution >= 0.6 is 11.6 Å². The predicted octanol–water partition coefficient (Wildman–Crippen LogP) is 5.35. The molecule has 1 heterocycles. The van der Waals surface area contributed by atoms with Crippen molar-refractivity contribution in [2.45, 2.75) is 26.8 Å². The molecule has 1 N–H and O–H groups in total. The van der Waals surface area contributed by atoms with Crippen molar-refractivity contribution >= 4 is 23.0 Å². The third-order valence-electron chi connectivity index (χ3n) is 4.66. The van der Waals surface area contributed by atoms with Crippen molar-refractivity contribution in [2.24, 2.45) is 10.2 Å². The van der Waals surface area contributed by atoms with Crippen LogP contribution in [0.25, 0.3) is 0 Å². The molecule has 0 saturated carbocycles. The van der Waals surface area contributed by atoms with E-state index in [0.29, 0.717) is 17.1 Å². The van der Waals surface area contributed by atoms with E-state index in [0.717, 1.165) is 15.7 Å². The minimum absolute atomic E-state index is 0.00792. The highest BCUT2D eigenvalue weighted by atomic mass is 35.5. The first-order chi connectivity index (χ1) is 13.9. The second-order valence-electron chi connectivity index (χ2n) is 6.61. The van der Waals surface area contributed by atoms with Gasteiger partial charge in [0.2, 0.25) is 5.88 Å². The maximum Gasteiger partial charge on any atom is 0.281 e. The zero-order valence-electron chi connectivity index (χ0n) is 16.1. The fourth-order valence-electron chi connectivity index (χ4n) is 2.90. The smallest absolute Gasteiger partial charge is 0.281 e. The van der Waals surface area contributed by atoms with E-state index in [1.165, 1.54) is 0 Å². The van der Waals surface area contributed by atoms with Gasteiger partial charge in [-0.1, -0.05) is 48.0 Å². The molecule has 0 atom stereocenters. The van der Waals surface area contributed by atoms with Gasteiger partial charge in [0, 0.05) is 17.1 Å². The summed E-state index contributed by atoms with van der Waals surface area (Å²) in [5.74, 6) is -0.358. The monoisotopic (exact) mass is 406 g/mol. The molecule has 0 bridgehead atoms. The highest BCUT2D eigenvalue weighted by Crippen LogP contribution is 2.28. The molecule has 0 aliphatic heterocycles. The molecule has 0 amide bonds. The molecule has 0 spiro atoms. The van der Waals surface area contributed by atoms with Crippen LogP contribution in [-0.4, -0.2) is 9.67 Å². The van der Waals surface area contributed by atoms with Crippen molar-refractivity contribution in [1.29, 1.82) is 5.26 Å². The molecule has 0 aliphatic carbocycles. The van der Waals surface area contributed by atoms with Crippen LogP contribution in [0.15, 0.2) is 63.6 Å². The van der Waals surface area contributed by atoms with Crippen LogP contribution in [0.5, 0.6) is 5.88 Å². The van der Waals surface area contributed by atoms with Crippen molar-refractivity contribution in [3.05, 3.63) is 86.2 Å². The minimum Gasteiger partial charge on any atom is -0.493 e. The van der Waals surface area contributed by atoms with E-state index in [4.69, 9.17) is 11.6 Å². The van der Waals surface area contributed by atoms with Crippen LogP contribution < -0.4 is 5.56 Å². The van der Waals surface area contributed by atoms with E-state index < -0.39 is 5.56 Å². The van der Waals surface area contributed by atoms with Gasteiger partial charge in [-0.2, -0.15) is 10.4 Å². The van der Waals surface area contributed by atoms with Gasteiger partial charge in [-0.25, -0.2) is 0 Å². The number of rotatable bonds is 5. The molecule has 29 heavy (non-hydrogen) atoms. The van der Waals surface area contributed by atoms with Crippen LogP contribution in [-0.2, 0) is 13.0 Å². The van der Waals surface area contributed by atoms with Crippen molar-refractivity contribution < 1.29 is 5.11 Å². The summed E-state index contributed by atoms with van der Waals surface area (Å²) >= 11 is 6.11. The topological polar surface area (TPSA) is 90.7 Å². The van der Waals surface area contributed by atoms with Crippen LogP contribution in [0, 0.1) is 25.2 Å². The summed E-state index contributed by atoms with van der Waals surface area (Å²) in [5, 5.41) is 28.6. The average Bonchev–Trinajstić information content (AvgIpc) is 2.71. The van der Waals surface area contributed by atoms with Gasteiger partial charge in [-0.05, 0) is 43.5 Å². The quantitative estimate of drug-likeness (QED) is 0.578. The summed E-state index contributed by atoms with van der Waals surface area (Å²) in [6.45, 7) is 3.65. The Bertz CT molecular complexity index is 1180. The summed E-state index contributed by atoms with van der Waals surface area (Å²) in [7, 11) is 0. The number of aryl methyl sites for hydroxylation is 2. The fourth-order valence-corrected chi connectivity index (χ4v) is 3.08. The number of benzene rings is 2. The predicted molar refractivity (Wildman–Crippen MR) is 112 cm³/mol. The molecule has 146 valence electrons.